The van der Waals surface area contributed by atoms with Gasteiger partial charge in [-0.15, -0.1) is 0 Å². The first-order valence-corrected chi connectivity index (χ1v) is 5.46. The second-order valence-corrected chi connectivity index (χ2v) is 3.74. The Labute approximate surface area is 90.1 Å². The van der Waals surface area contributed by atoms with Crippen molar-refractivity contribution in [2.75, 3.05) is 19.8 Å². The molecule has 2 heterocycles. The van der Waals surface area contributed by atoms with Crippen LogP contribution < -0.4 is 5.32 Å². The van der Waals surface area contributed by atoms with Crippen LogP contribution in [0.3, 0.4) is 0 Å². The Morgan fingerprint density at radius 2 is 2.53 bits per heavy atom. The quantitative estimate of drug-likeness (QED) is 0.820. The van der Waals surface area contributed by atoms with Crippen LogP contribution in [0, 0.1) is 0 Å². The maximum absolute atomic E-state index is 5.38. The second kappa shape index (κ2) is 5.73. The average Bonchev–Trinajstić information content (AvgIpc) is 2.79. The molecule has 0 saturated carbocycles. The number of hydrogen-bond acceptors (Lipinski definition) is 3. The van der Waals surface area contributed by atoms with E-state index < -0.39 is 0 Å². The first-order chi connectivity index (χ1) is 7.45. The van der Waals surface area contributed by atoms with E-state index in [1.54, 1.807) is 6.26 Å². The number of hydrogen-bond donors (Lipinski definition) is 1. The van der Waals surface area contributed by atoms with Crippen molar-refractivity contribution in [3.05, 3.63) is 30.2 Å². The van der Waals surface area contributed by atoms with Crippen molar-refractivity contribution < 1.29 is 9.15 Å². The van der Waals surface area contributed by atoms with Gasteiger partial charge in [-0.3, -0.25) is 0 Å². The van der Waals surface area contributed by atoms with Gasteiger partial charge >= 0.3 is 0 Å². The summed E-state index contributed by atoms with van der Waals surface area (Å²) in [5.41, 5.74) is 0. The van der Waals surface area contributed by atoms with Crippen LogP contribution in [0.25, 0.3) is 6.08 Å². The topological polar surface area (TPSA) is 34.4 Å². The Morgan fingerprint density at radius 3 is 3.27 bits per heavy atom. The van der Waals surface area contributed by atoms with Crippen molar-refractivity contribution >= 4 is 6.08 Å². The minimum Gasteiger partial charge on any atom is -0.465 e. The van der Waals surface area contributed by atoms with Crippen molar-refractivity contribution in [2.45, 2.75) is 18.9 Å². The Kier molecular flexibility index (Phi) is 4.00. The van der Waals surface area contributed by atoms with Gasteiger partial charge in [0.2, 0.25) is 0 Å². The maximum Gasteiger partial charge on any atom is 0.126 e. The van der Waals surface area contributed by atoms with Crippen LogP contribution in [0.4, 0.5) is 0 Å². The van der Waals surface area contributed by atoms with E-state index in [-0.39, 0.29) is 0 Å². The van der Waals surface area contributed by atoms with Gasteiger partial charge in [0.1, 0.15) is 5.76 Å². The van der Waals surface area contributed by atoms with E-state index in [0.29, 0.717) is 6.04 Å². The van der Waals surface area contributed by atoms with Gasteiger partial charge in [0.15, 0.2) is 0 Å². The molecule has 1 unspecified atom stereocenters. The summed E-state index contributed by atoms with van der Waals surface area (Å²) in [6.45, 7) is 2.63. The first kappa shape index (κ1) is 10.5. The molecule has 0 amide bonds. The van der Waals surface area contributed by atoms with Crippen LogP contribution in [0.1, 0.15) is 18.6 Å². The monoisotopic (exact) mass is 207 g/mol. The molecule has 1 atom stereocenters. The summed E-state index contributed by atoms with van der Waals surface area (Å²) in [5, 5.41) is 3.43. The summed E-state index contributed by atoms with van der Waals surface area (Å²) in [6, 6.07) is 4.35. The molecule has 1 N–H and O–H groups in total. The summed E-state index contributed by atoms with van der Waals surface area (Å²) in [6.07, 6.45) is 8.13. The Morgan fingerprint density at radius 1 is 1.53 bits per heavy atom. The molecule has 2 rings (SSSR count). The largest absolute Gasteiger partial charge is 0.465 e. The summed E-state index contributed by atoms with van der Waals surface area (Å²) in [4.78, 5) is 0. The van der Waals surface area contributed by atoms with E-state index in [2.05, 4.69) is 11.4 Å². The normalized spacial score (nSPS) is 22.3. The van der Waals surface area contributed by atoms with Crippen LogP contribution in [-0.4, -0.2) is 25.8 Å². The Bertz CT molecular complexity index is 287. The molecule has 3 nitrogen and oxygen atoms in total. The summed E-state index contributed by atoms with van der Waals surface area (Å²) in [5.74, 6) is 0.900. The third-order valence-corrected chi connectivity index (χ3v) is 2.51. The predicted molar refractivity (Wildman–Crippen MR) is 59.6 cm³/mol. The van der Waals surface area contributed by atoms with Gasteiger partial charge in [-0.05, 0) is 31.1 Å². The molecule has 1 saturated heterocycles. The van der Waals surface area contributed by atoms with Crippen molar-refractivity contribution in [3.8, 4) is 0 Å². The fourth-order valence-corrected chi connectivity index (χ4v) is 1.70. The van der Waals surface area contributed by atoms with E-state index in [4.69, 9.17) is 9.15 Å². The lowest BCUT2D eigenvalue weighted by Gasteiger charge is -2.22. The average molecular weight is 207 g/mol. The van der Waals surface area contributed by atoms with Crippen molar-refractivity contribution in [1.82, 2.24) is 5.32 Å². The Hall–Kier alpha value is -1.06. The van der Waals surface area contributed by atoms with Gasteiger partial charge in [0, 0.05) is 19.2 Å². The van der Waals surface area contributed by atoms with Gasteiger partial charge in [0.25, 0.3) is 0 Å². The maximum atomic E-state index is 5.38. The van der Waals surface area contributed by atoms with Gasteiger partial charge in [-0.25, -0.2) is 0 Å². The molecule has 1 aromatic rings. The number of furan rings is 1. The predicted octanol–water partition coefficient (Wildman–Crippen LogP) is 2.06. The summed E-state index contributed by atoms with van der Waals surface area (Å²) in [7, 11) is 0. The highest BCUT2D eigenvalue weighted by Crippen LogP contribution is 2.05. The molecule has 1 aliphatic heterocycles. The van der Waals surface area contributed by atoms with Gasteiger partial charge in [0.05, 0.1) is 12.9 Å². The zero-order valence-electron chi connectivity index (χ0n) is 8.82. The lowest BCUT2D eigenvalue weighted by molar-refractivity contribution is 0.0717. The summed E-state index contributed by atoms with van der Waals surface area (Å²) >= 11 is 0. The van der Waals surface area contributed by atoms with Crippen molar-refractivity contribution in [1.29, 1.82) is 0 Å². The molecule has 0 spiro atoms. The standard InChI is InChI=1S/C12H17NO2/c1(5-12-6-3-9-15-12)7-13-11-4-2-8-14-10-11/h1,3,5-6,9,11,13H,2,4,7-8,10H2/b5-1+. The molecular formula is C12H17NO2. The van der Waals surface area contributed by atoms with Gasteiger partial charge in [-0.1, -0.05) is 6.08 Å². The molecule has 0 bridgehead atoms. The highest BCUT2D eigenvalue weighted by Gasteiger charge is 2.11. The minimum atomic E-state index is 0.514. The highest BCUT2D eigenvalue weighted by atomic mass is 16.5. The first-order valence-electron chi connectivity index (χ1n) is 5.46. The van der Waals surface area contributed by atoms with E-state index in [9.17, 15) is 0 Å². The molecular weight excluding hydrogens is 190 g/mol. The Balaban J connectivity index is 1.65. The molecule has 1 aromatic heterocycles. The number of nitrogens with one attached hydrogen (secondary N) is 1. The third kappa shape index (κ3) is 3.53. The minimum absolute atomic E-state index is 0.514. The van der Waals surface area contributed by atoms with E-state index in [1.807, 2.05) is 18.2 Å². The van der Waals surface area contributed by atoms with Crippen LogP contribution in [0.5, 0.6) is 0 Å². The molecule has 1 aliphatic rings. The third-order valence-electron chi connectivity index (χ3n) is 2.51. The van der Waals surface area contributed by atoms with Crippen molar-refractivity contribution in [2.24, 2.45) is 0 Å². The van der Waals surface area contributed by atoms with Crippen LogP contribution >= 0.6 is 0 Å². The van der Waals surface area contributed by atoms with E-state index >= 15 is 0 Å². The van der Waals surface area contributed by atoms with Crippen LogP contribution in [0.15, 0.2) is 28.9 Å². The SMILES string of the molecule is C(=C\c1ccco1)/CNC1CCCOC1. The lowest BCUT2D eigenvalue weighted by Crippen LogP contribution is -2.36. The summed E-state index contributed by atoms with van der Waals surface area (Å²) < 4.78 is 10.6. The van der Waals surface area contributed by atoms with Crippen LogP contribution in [0.2, 0.25) is 0 Å². The number of ether oxygens (including phenoxy) is 1. The lowest BCUT2D eigenvalue weighted by atomic mass is 10.1. The smallest absolute Gasteiger partial charge is 0.126 e. The molecule has 0 radical (unpaired) electrons. The fraction of sp³-hybridized carbons (Fsp3) is 0.500. The fourth-order valence-electron chi connectivity index (χ4n) is 1.70. The van der Waals surface area contributed by atoms with E-state index in [0.717, 1.165) is 25.5 Å². The number of rotatable bonds is 4. The zero-order valence-corrected chi connectivity index (χ0v) is 8.82. The zero-order chi connectivity index (χ0) is 10.3. The molecule has 1 fully saturated rings. The molecule has 0 aliphatic carbocycles. The molecule has 3 heteroatoms. The highest BCUT2D eigenvalue weighted by molar-refractivity contribution is 5.42. The van der Waals surface area contributed by atoms with Gasteiger partial charge in [-0.2, -0.15) is 0 Å². The molecule has 0 aromatic carbocycles. The second-order valence-electron chi connectivity index (χ2n) is 3.74. The molecule has 15 heavy (non-hydrogen) atoms. The van der Waals surface area contributed by atoms with Gasteiger partial charge < -0.3 is 14.5 Å². The molecule has 82 valence electrons. The van der Waals surface area contributed by atoms with Crippen LogP contribution in [-0.2, 0) is 4.74 Å². The van der Waals surface area contributed by atoms with Crippen molar-refractivity contribution in [3.63, 3.8) is 0 Å². The van der Waals surface area contributed by atoms with E-state index in [1.165, 1.54) is 12.8 Å².